The van der Waals surface area contributed by atoms with Gasteiger partial charge in [0.2, 0.25) is 5.89 Å². The number of piperazine rings is 1. The molecule has 0 aliphatic carbocycles. The Hall–Kier alpha value is -2.51. The molecular formula is C20H22N4O2S. The molecule has 1 aliphatic heterocycles. The molecule has 1 aliphatic rings. The Bertz CT molecular complexity index is 927. The van der Waals surface area contributed by atoms with E-state index in [1.54, 1.807) is 18.3 Å². The lowest BCUT2D eigenvalue weighted by molar-refractivity contribution is 0.0625. The van der Waals surface area contributed by atoms with Crippen LogP contribution in [0, 0.1) is 13.8 Å². The van der Waals surface area contributed by atoms with Crippen LogP contribution in [0.3, 0.4) is 0 Å². The molecule has 2 aromatic heterocycles. The highest BCUT2D eigenvalue weighted by Crippen LogP contribution is 2.33. The Labute approximate surface area is 162 Å². The molecule has 1 amide bonds. The first-order valence-electron chi connectivity index (χ1n) is 9.06. The average Bonchev–Trinajstić information content (AvgIpc) is 3.28. The van der Waals surface area contributed by atoms with Crippen molar-refractivity contribution in [1.82, 2.24) is 19.9 Å². The largest absolute Gasteiger partial charge is 0.340 e. The highest BCUT2D eigenvalue weighted by Gasteiger charge is 2.26. The van der Waals surface area contributed by atoms with E-state index in [0.29, 0.717) is 31.3 Å². The third kappa shape index (κ3) is 3.79. The molecule has 3 aromatic rings. The van der Waals surface area contributed by atoms with Gasteiger partial charge in [0, 0.05) is 48.9 Å². The van der Waals surface area contributed by atoms with E-state index < -0.39 is 0 Å². The van der Waals surface area contributed by atoms with Gasteiger partial charge in [-0.2, -0.15) is 4.98 Å². The Morgan fingerprint density at radius 1 is 1.15 bits per heavy atom. The molecule has 140 valence electrons. The second kappa shape index (κ2) is 7.62. The summed E-state index contributed by atoms with van der Waals surface area (Å²) in [4.78, 5) is 22.8. The SMILES string of the molecule is Cc1nc(CN2CCN(C(=O)c3csc(C)c3-c3ccccc3)CC2)no1. The fourth-order valence-electron chi connectivity index (χ4n) is 3.46. The average molecular weight is 382 g/mol. The van der Waals surface area contributed by atoms with E-state index in [9.17, 15) is 4.79 Å². The lowest BCUT2D eigenvalue weighted by Gasteiger charge is -2.34. The van der Waals surface area contributed by atoms with Gasteiger partial charge in [0.25, 0.3) is 5.91 Å². The lowest BCUT2D eigenvalue weighted by Crippen LogP contribution is -2.48. The van der Waals surface area contributed by atoms with E-state index in [4.69, 9.17) is 4.52 Å². The molecule has 4 rings (SSSR count). The Morgan fingerprint density at radius 3 is 2.56 bits per heavy atom. The van der Waals surface area contributed by atoms with Crippen LogP contribution in [-0.2, 0) is 6.54 Å². The van der Waals surface area contributed by atoms with Crippen molar-refractivity contribution >= 4 is 17.2 Å². The molecule has 0 atom stereocenters. The minimum absolute atomic E-state index is 0.119. The Balaban J connectivity index is 1.44. The van der Waals surface area contributed by atoms with E-state index in [0.717, 1.165) is 29.8 Å². The molecular weight excluding hydrogens is 360 g/mol. The zero-order chi connectivity index (χ0) is 18.8. The third-order valence-corrected chi connectivity index (χ3v) is 5.77. The minimum Gasteiger partial charge on any atom is -0.340 e. The van der Waals surface area contributed by atoms with Crippen LogP contribution >= 0.6 is 11.3 Å². The highest BCUT2D eigenvalue weighted by molar-refractivity contribution is 7.10. The van der Waals surface area contributed by atoms with Crippen molar-refractivity contribution in [2.75, 3.05) is 26.2 Å². The van der Waals surface area contributed by atoms with Crippen LogP contribution in [0.4, 0.5) is 0 Å². The van der Waals surface area contributed by atoms with Crippen LogP contribution in [0.25, 0.3) is 11.1 Å². The summed E-state index contributed by atoms with van der Waals surface area (Å²) < 4.78 is 5.03. The Morgan fingerprint density at radius 2 is 1.89 bits per heavy atom. The van der Waals surface area contributed by atoms with Gasteiger partial charge in [-0.25, -0.2) is 0 Å². The second-order valence-electron chi connectivity index (χ2n) is 6.74. The molecule has 1 fully saturated rings. The van der Waals surface area contributed by atoms with Crippen molar-refractivity contribution < 1.29 is 9.32 Å². The quantitative estimate of drug-likeness (QED) is 0.692. The van der Waals surface area contributed by atoms with E-state index in [-0.39, 0.29) is 5.91 Å². The zero-order valence-corrected chi connectivity index (χ0v) is 16.3. The first kappa shape index (κ1) is 17.9. The number of aromatic nitrogens is 2. The summed E-state index contributed by atoms with van der Waals surface area (Å²) in [6, 6.07) is 10.2. The normalized spacial score (nSPS) is 15.3. The summed E-state index contributed by atoms with van der Waals surface area (Å²) in [7, 11) is 0. The van der Waals surface area contributed by atoms with Crippen LogP contribution in [0.5, 0.6) is 0 Å². The monoisotopic (exact) mass is 382 g/mol. The van der Waals surface area contributed by atoms with Crippen LogP contribution in [0.2, 0.25) is 0 Å². The summed E-state index contributed by atoms with van der Waals surface area (Å²) in [5.41, 5.74) is 2.98. The number of nitrogens with zero attached hydrogens (tertiary/aromatic N) is 4. The number of carbonyl (C=O) groups excluding carboxylic acids is 1. The van der Waals surface area contributed by atoms with Crippen molar-refractivity contribution in [3.05, 3.63) is 57.9 Å². The van der Waals surface area contributed by atoms with Gasteiger partial charge in [0.15, 0.2) is 5.82 Å². The van der Waals surface area contributed by atoms with Crippen LogP contribution in [-0.4, -0.2) is 52.0 Å². The van der Waals surface area contributed by atoms with Gasteiger partial charge in [-0.1, -0.05) is 35.5 Å². The fraction of sp³-hybridized carbons (Fsp3) is 0.350. The topological polar surface area (TPSA) is 62.5 Å². The zero-order valence-electron chi connectivity index (χ0n) is 15.5. The molecule has 7 heteroatoms. The summed E-state index contributed by atoms with van der Waals surface area (Å²) in [5.74, 6) is 1.40. The standard InChI is InChI=1S/C20H22N4O2S/c1-14-19(16-6-4-3-5-7-16)17(13-27-14)20(25)24-10-8-23(9-11-24)12-18-21-15(2)26-22-18/h3-7,13H,8-12H2,1-2H3. The van der Waals surface area contributed by atoms with Gasteiger partial charge in [-0.3, -0.25) is 9.69 Å². The molecule has 1 aromatic carbocycles. The molecule has 0 saturated carbocycles. The van der Waals surface area contributed by atoms with Crippen molar-refractivity contribution in [2.24, 2.45) is 0 Å². The summed E-state index contributed by atoms with van der Waals surface area (Å²) in [6.45, 7) is 7.56. The maximum atomic E-state index is 13.1. The minimum atomic E-state index is 0.119. The smallest absolute Gasteiger partial charge is 0.255 e. The van der Waals surface area contributed by atoms with Crippen molar-refractivity contribution in [1.29, 1.82) is 0 Å². The molecule has 27 heavy (non-hydrogen) atoms. The fourth-order valence-corrected chi connectivity index (χ4v) is 4.32. The maximum Gasteiger partial charge on any atom is 0.255 e. The van der Waals surface area contributed by atoms with E-state index in [2.05, 4.69) is 34.1 Å². The third-order valence-electron chi connectivity index (χ3n) is 4.86. The van der Waals surface area contributed by atoms with E-state index in [1.165, 1.54) is 4.88 Å². The van der Waals surface area contributed by atoms with Crippen molar-refractivity contribution in [3.63, 3.8) is 0 Å². The van der Waals surface area contributed by atoms with E-state index in [1.807, 2.05) is 28.5 Å². The predicted octanol–water partition coefficient (Wildman–Crippen LogP) is 3.37. The molecule has 0 radical (unpaired) electrons. The van der Waals surface area contributed by atoms with Gasteiger partial charge >= 0.3 is 0 Å². The second-order valence-corrected chi connectivity index (χ2v) is 7.83. The maximum absolute atomic E-state index is 13.1. The first-order valence-corrected chi connectivity index (χ1v) is 9.94. The molecule has 0 N–H and O–H groups in total. The van der Waals surface area contributed by atoms with Gasteiger partial charge in [-0.15, -0.1) is 11.3 Å². The van der Waals surface area contributed by atoms with Gasteiger partial charge < -0.3 is 9.42 Å². The summed E-state index contributed by atoms with van der Waals surface area (Å²) in [6.07, 6.45) is 0. The number of benzene rings is 1. The number of aryl methyl sites for hydroxylation is 2. The number of amides is 1. The van der Waals surface area contributed by atoms with Crippen LogP contribution in [0.1, 0.15) is 27.0 Å². The molecule has 0 spiro atoms. The molecule has 0 unspecified atom stereocenters. The summed E-state index contributed by atoms with van der Waals surface area (Å²) in [5, 5.41) is 5.95. The lowest BCUT2D eigenvalue weighted by atomic mass is 10.0. The van der Waals surface area contributed by atoms with Crippen molar-refractivity contribution in [2.45, 2.75) is 20.4 Å². The van der Waals surface area contributed by atoms with Gasteiger partial charge in [0.05, 0.1) is 12.1 Å². The van der Waals surface area contributed by atoms with Crippen LogP contribution in [0.15, 0.2) is 40.2 Å². The first-order chi connectivity index (χ1) is 13.1. The molecule has 6 nitrogen and oxygen atoms in total. The molecule has 3 heterocycles. The Kier molecular flexibility index (Phi) is 5.05. The predicted molar refractivity (Wildman–Crippen MR) is 105 cm³/mol. The number of hydrogen-bond donors (Lipinski definition) is 0. The highest BCUT2D eigenvalue weighted by atomic mass is 32.1. The molecule has 1 saturated heterocycles. The van der Waals surface area contributed by atoms with Gasteiger partial charge in [-0.05, 0) is 12.5 Å². The number of rotatable bonds is 4. The van der Waals surface area contributed by atoms with E-state index >= 15 is 0 Å². The van der Waals surface area contributed by atoms with Gasteiger partial charge in [0.1, 0.15) is 0 Å². The van der Waals surface area contributed by atoms with Crippen molar-refractivity contribution in [3.8, 4) is 11.1 Å². The number of carbonyl (C=O) groups is 1. The molecule has 0 bridgehead atoms. The summed E-state index contributed by atoms with van der Waals surface area (Å²) >= 11 is 1.64. The number of thiophene rings is 1. The van der Waals surface area contributed by atoms with Crippen LogP contribution < -0.4 is 0 Å². The number of hydrogen-bond acceptors (Lipinski definition) is 6.